The Kier molecular flexibility index (Phi) is 7.07. The Balaban J connectivity index is 1.51. The Morgan fingerprint density at radius 3 is 2.40 bits per heavy atom. The van der Waals surface area contributed by atoms with E-state index in [1.807, 2.05) is 0 Å². The topological polar surface area (TPSA) is 132 Å². The minimum atomic E-state index is -1.51. The molecule has 6 atom stereocenters. The first-order chi connectivity index (χ1) is 17.0. The van der Waals surface area contributed by atoms with Crippen LogP contribution < -0.4 is 4.74 Å². The van der Waals surface area contributed by atoms with Gasteiger partial charge in [-0.15, -0.1) is 0 Å². The fourth-order valence-electron chi connectivity index (χ4n) is 4.91. The van der Waals surface area contributed by atoms with Crippen molar-refractivity contribution < 1.29 is 34.6 Å². The fourth-order valence-corrected chi connectivity index (χ4v) is 4.91. The second-order valence-electron chi connectivity index (χ2n) is 9.70. The van der Waals surface area contributed by atoms with Crippen LogP contribution in [0.1, 0.15) is 59.1 Å². The largest absolute Gasteiger partial charge is 0.487 e. The van der Waals surface area contributed by atoms with E-state index in [1.165, 1.54) is 18.4 Å². The zero-order valence-corrected chi connectivity index (χ0v) is 19.4. The predicted octanol–water partition coefficient (Wildman–Crippen LogP) is 1.71. The molecular weight excluding hydrogens is 450 g/mol. The summed E-state index contributed by atoms with van der Waals surface area (Å²) in [5.74, 6) is 1.02. The van der Waals surface area contributed by atoms with Crippen molar-refractivity contribution in [2.45, 2.75) is 68.2 Å². The standard InChI is InChI=1S/C27H31NO7/c28-12-19-11-22(34-20-7-8-33-14-20)21(27-26(32)25(31)24(30)23(13-29)35-27)10-18(19)9-15-1-3-16(4-2-15)17-5-6-17/h1-4,10-11,17,20,23-27,29-32H,5-9,13-14H2/t20-,23+,24+,25-,26+,27-/m0/s1. The van der Waals surface area contributed by atoms with Crippen LogP contribution in [-0.2, 0) is 15.9 Å². The third-order valence-corrected chi connectivity index (χ3v) is 7.16. The summed E-state index contributed by atoms with van der Waals surface area (Å²) < 4.78 is 17.4. The molecule has 0 bridgehead atoms. The lowest BCUT2D eigenvalue weighted by Crippen LogP contribution is -2.55. The average molecular weight is 482 g/mol. The molecule has 2 heterocycles. The van der Waals surface area contributed by atoms with Crippen LogP contribution in [0.4, 0.5) is 0 Å². The van der Waals surface area contributed by atoms with Gasteiger partial charge in [-0.3, -0.25) is 0 Å². The van der Waals surface area contributed by atoms with E-state index in [-0.39, 0.29) is 6.10 Å². The van der Waals surface area contributed by atoms with Crippen molar-refractivity contribution in [2.75, 3.05) is 19.8 Å². The lowest BCUT2D eigenvalue weighted by atomic mass is 9.88. The summed E-state index contributed by atoms with van der Waals surface area (Å²) in [5, 5.41) is 51.0. The second kappa shape index (κ2) is 10.2. The molecule has 1 aliphatic carbocycles. The lowest BCUT2D eigenvalue weighted by Gasteiger charge is -2.40. The number of rotatable bonds is 7. The third kappa shape index (κ3) is 5.07. The molecule has 0 amide bonds. The summed E-state index contributed by atoms with van der Waals surface area (Å²) in [7, 11) is 0. The van der Waals surface area contributed by atoms with Crippen LogP contribution in [-0.4, -0.2) is 70.8 Å². The Hall–Kier alpha value is -2.51. The first-order valence-corrected chi connectivity index (χ1v) is 12.2. The minimum absolute atomic E-state index is 0.217. The van der Waals surface area contributed by atoms with Gasteiger partial charge in [-0.1, -0.05) is 24.3 Å². The van der Waals surface area contributed by atoms with Gasteiger partial charge in [0.1, 0.15) is 42.4 Å². The minimum Gasteiger partial charge on any atom is -0.487 e. The Morgan fingerprint density at radius 1 is 1.00 bits per heavy atom. The van der Waals surface area contributed by atoms with Crippen molar-refractivity contribution in [3.8, 4) is 11.8 Å². The monoisotopic (exact) mass is 481 g/mol. The maximum atomic E-state index is 10.8. The molecule has 0 aromatic heterocycles. The van der Waals surface area contributed by atoms with Crippen LogP contribution >= 0.6 is 0 Å². The van der Waals surface area contributed by atoms with E-state index in [9.17, 15) is 25.7 Å². The highest BCUT2D eigenvalue weighted by molar-refractivity contribution is 5.51. The van der Waals surface area contributed by atoms with E-state index in [4.69, 9.17) is 14.2 Å². The summed E-state index contributed by atoms with van der Waals surface area (Å²) in [6, 6.07) is 14.1. The summed E-state index contributed by atoms with van der Waals surface area (Å²) in [5.41, 5.74) is 4.01. The third-order valence-electron chi connectivity index (χ3n) is 7.16. The molecule has 1 saturated carbocycles. The smallest absolute Gasteiger partial charge is 0.127 e. The molecule has 5 rings (SSSR count). The van der Waals surface area contributed by atoms with E-state index in [0.29, 0.717) is 48.8 Å². The van der Waals surface area contributed by atoms with Crippen LogP contribution in [0.5, 0.6) is 5.75 Å². The van der Waals surface area contributed by atoms with Gasteiger partial charge in [-0.05, 0) is 54.0 Å². The number of nitriles is 1. The van der Waals surface area contributed by atoms with E-state index >= 15 is 0 Å². The predicted molar refractivity (Wildman–Crippen MR) is 125 cm³/mol. The van der Waals surface area contributed by atoms with Crippen molar-refractivity contribution in [3.63, 3.8) is 0 Å². The van der Waals surface area contributed by atoms with Crippen LogP contribution in [0.25, 0.3) is 0 Å². The molecule has 0 radical (unpaired) electrons. The molecule has 8 nitrogen and oxygen atoms in total. The zero-order chi connectivity index (χ0) is 24.5. The second-order valence-corrected chi connectivity index (χ2v) is 9.70. The molecule has 35 heavy (non-hydrogen) atoms. The van der Waals surface area contributed by atoms with E-state index in [0.717, 1.165) is 11.1 Å². The number of nitrogens with zero attached hydrogens (tertiary/aromatic N) is 1. The van der Waals surface area contributed by atoms with Crippen LogP contribution in [0.15, 0.2) is 36.4 Å². The van der Waals surface area contributed by atoms with E-state index < -0.39 is 37.1 Å². The van der Waals surface area contributed by atoms with Crippen molar-refractivity contribution >= 4 is 0 Å². The van der Waals surface area contributed by atoms with Crippen LogP contribution in [0.2, 0.25) is 0 Å². The van der Waals surface area contributed by atoms with Crippen molar-refractivity contribution in [2.24, 2.45) is 0 Å². The Labute approximate surface area is 204 Å². The van der Waals surface area contributed by atoms with Gasteiger partial charge in [0.15, 0.2) is 0 Å². The molecule has 186 valence electrons. The Morgan fingerprint density at radius 2 is 1.77 bits per heavy atom. The lowest BCUT2D eigenvalue weighted by molar-refractivity contribution is -0.232. The molecule has 2 aromatic rings. The molecule has 2 aromatic carbocycles. The highest BCUT2D eigenvalue weighted by Crippen LogP contribution is 2.41. The summed E-state index contributed by atoms with van der Waals surface area (Å²) in [6.07, 6.45) is -3.11. The molecular formula is C27H31NO7. The highest BCUT2D eigenvalue weighted by atomic mass is 16.6. The summed E-state index contributed by atoms with van der Waals surface area (Å²) >= 11 is 0. The summed E-state index contributed by atoms with van der Waals surface area (Å²) in [6.45, 7) is 0.454. The number of ether oxygens (including phenoxy) is 3. The van der Waals surface area contributed by atoms with Gasteiger partial charge in [0.2, 0.25) is 0 Å². The zero-order valence-electron chi connectivity index (χ0n) is 19.4. The van der Waals surface area contributed by atoms with Crippen molar-refractivity contribution in [3.05, 3.63) is 64.2 Å². The van der Waals surface area contributed by atoms with Crippen molar-refractivity contribution in [1.82, 2.24) is 0 Å². The van der Waals surface area contributed by atoms with Gasteiger partial charge in [0, 0.05) is 12.0 Å². The normalized spacial score (nSPS) is 30.7. The van der Waals surface area contributed by atoms with E-state index in [1.54, 1.807) is 12.1 Å². The molecule has 2 saturated heterocycles. The number of hydrogen-bond acceptors (Lipinski definition) is 8. The molecule has 8 heteroatoms. The average Bonchev–Trinajstić information content (AvgIpc) is 3.60. The van der Waals surface area contributed by atoms with Crippen LogP contribution in [0.3, 0.4) is 0 Å². The van der Waals surface area contributed by atoms with Gasteiger partial charge >= 0.3 is 0 Å². The fraction of sp³-hybridized carbons (Fsp3) is 0.519. The SMILES string of the molecule is N#Cc1cc(O[C@H]2CCOC2)c([C@@H]2O[C@H](CO)[C@@H](O)[C@H](O)[C@H]2O)cc1Cc1ccc(C2CC2)cc1. The molecule has 0 unspecified atom stereocenters. The number of aliphatic hydroxyl groups excluding tert-OH is 4. The van der Waals surface area contributed by atoms with Crippen molar-refractivity contribution in [1.29, 1.82) is 5.26 Å². The molecule has 3 fully saturated rings. The number of hydrogen-bond donors (Lipinski definition) is 4. The van der Waals surface area contributed by atoms with Gasteiger partial charge < -0.3 is 34.6 Å². The molecule has 2 aliphatic heterocycles. The molecule has 0 spiro atoms. The highest BCUT2D eigenvalue weighted by Gasteiger charge is 2.45. The summed E-state index contributed by atoms with van der Waals surface area (Å²) in [4.78, 5) is 0. The maximum absolute atomic E-state index is 10.8. The van der Waals surface area contributed by atoms with Crippen LogP contribution in [0, 0.1) is 11.3 Å². The van der Waals surface area contributed by atoms with Gasteiger partial charge in [-0.2, -0.15) is 5.26 Å². The number of aliphatic hydroxyl groups is 4. The molecule has 4 N–H and O–H groups in total. The first kappa shape index (κ1) is 24.2. The maximum Gasteiger partial charge on any atom is 0.127 e. The molecule has 3 aliphatic rings. The first-order valence-electron chi connectivity index (χ1n) is 12.2. The van der Waals surface area contributed by atoms with Gasteiger partial charge in [0.25, 0.3) is 0 Å². The number of benzene rings is 2. The van der Waals surface area contributed by atoms with Gasteiger partial charge in [-0.25, -0.2) is 0 Å². The quantitative estimate of drug-likeness (QED) is 0.470. The Bertz CT molecular complexity index is 1070. The van der Waals surface area contributed by atoms with Gasteiger partial charge in [0.05, 0.1) is 31.5 Å². The van der Waals surface area contributed by atoms with E-state index in [2.05, 4.69) is 30.3 Å².